The van der Waals surface area contributed by atoms with Gasteiger partial charge in [-0.1, -0.05) is 29.8 Å². The molecule has 0 unspecified atom stereocenters. The molecule has 0 fully saturated rings. The van der Waals surface area contributed by atoms with Crippen LogP contribution in [-0.4, -0.2) is 25.1 Å². The molecule has 2 heterocycles. The van der Waals surface area contributed by atoms with Gasteiger partial charge >= 0.3 is 0 Å². The van der Waals surface area contributed by atoms with Crippen LogP contribution >= 0.6 is 0 Å². The van der Waals surface area contributed by atoms with Crippen LogP contribution in [0.15, 0.2) is 42.0 Å². The number of fused-ring (bicyclic) bond motifs is 1. The van der Waals surface area contributed by atoms with Gasteiger partial charge in [-0.25, -0.2) is 0 Å². The molecule has 0 radical (unpaired) electrons. The number of hydrogen-bond acceptors (Lipinski definition) is 3. The first-order valence-electron chi connectivity index (χ1n) is 7.22. The summed E-state index contributed by atoms with van der Waals surface area (Å²) in [7, 11) is 1.96. The lowest BCUT2D eigenvalue weighted by atomic mass is 10.1. The lowest BCUT2D eigenvalue weighted by Gasteiger charge is -2.29. The van der Waals surface area contributed by atoms with Gasteiger partial charge in [0.1, 0.15) is 0 Å². The summed E-state index contributed by atoms with van der Waals surface area (Å²) in [6.45, 7) is 5.11. The van der Waals surface area contributed by atoms with Crippen LogP contribution in [0.5, 0.6) is 0 Å². The average Bonchev–Trinajstić information content (AvgIpc) is 2.48. The predicted molar refractivity (Wildman–Crippen MR) is 85.1 cm³/mol. The van der Waals surface area contributed by atoms with Crippen molar-refractivity contribution in [2.24, 2.45) is 0 Å². The number of nitrogens with one attached hydrogen (secondary N) is 1. The number of rotatable bonds is 3. The zero-order valence-corrected chi connectivity index (χ0v) is 12.2. The Morgan fingerprint density at radius 3 is 2.90 bits per heavy atom. The summed E-state index contributed by atoms with van der Waals surface area (Å²) >= 11 is 0. The third kappa shape index (κ3) is 2.54. The molecule has 0 atom stereocenters. The Morgan fingerprint density at radius 2 is 2.15 bits per heavy atom. The van der Waals surface area contributed by atoms with E-state index in [2.05, 4.69) is 53.5 Å². The highest BCUT2D eigenvalue weighted by Gasteiger charge is 2.14. The second-order valence-corrected chi connectivity index (χ2v) is 5.43. The minimum absolute atomic E-state index is 0.806. The van der Waals surface area contributed by atoms with E-state index in [4.69, 9.17) is 4.98 Å². The Morgan fingerprint density at radius 1 is 1.30 bits per heavy atom. The van der Waals surface area contributed by atoms with Crippen molar-refractivity contribution in [2.75, 3.05) is 25.0 Å². The Hall–Kier alpha value is -1.87. The van der Waals surface area contributed by atoms with Crippen LogP contribution in [0.3, 0.4) is 0 Å². The molecule has 1 aromatic heterocycles. The molecule has 0 aliphatic carbocycles. The largest absolute Gasteiger partial charge is 0.367 e. The van der Waals surface area contributed by atoms with E-state index in [9.17, 15) is 0 Å². The number of nitrogens with zero attached hydrogens (tertiary/aromatic N) is 2. The molecule has 0 bridgehead atoms. The first kappa shape index (κ1) is 13.1. The lowest BCUT2D eigenvalue weighted by Crippen LogP contribution is -2.28. The molecule has 3 heteroatoms. The maximum Gasteiger partial charge on any atom is 0.0726 e. The number of para-hydroxylation sites is 1. The zero-order valence-electron chi connectivity index (χ0n) is 12.2. The summed E-state index contributed by atoms with van der Waals surface area (Å²) in [6.07, 6.45) is 3.48. The fraction of sp³-hybridized carbons (Fsp3) is 0.353. The topological polar surface area (TPSA) is 28.2 Å². The maximum absolute atomic E-state index is 4.73. The van der Waals surface area contributed by atoms with Crippen molar-refractivity contribution in [1.82, 2.24) is 10.3 Å². The van der Waals surface area contributed by atoms with E-state index in [1.54, 1.807) is 0 Å². The molecule has 0 amide bonds. The van der Waals surface area contributed by atoms with Gasteiger partial charge < -0.3 is 10.2 Å². The molecule has 1 aliphatic rings. The highest BCUT2D eigenvalue weighted by molar-refractivity contribution is 5.92. The summed E-state index contributed by atoms with van der Waals surface area (Å²) in [5.41, 5.74) is 4.99. The molecule has 1 aliphatic heterocycles. The molecular weight excluding hydrogens is 246 g/mol. The molecule has 0 saturated heterocycles. The molecule has 1 aromatic carbocycles. The van der Waals surface area contributed by atoms with Crippen LogP contribution in [0.4, 0.5) is 5.69 Å². The maximum atomic E-state index is 4.73. The lowest BCUT2D eigenvalue weighted by molar-refractivity contribution is 0.777. The zero-order chi connectivity index (χ0) is 13.9. The smallest absolute Gasteiger partial charge is 0.0726 e. The minimum Gasteiger partial charge on any atom is -0.367 e. The molecule has 2 aromatic rings. The van der Waals surface area contributed by atoms with E-state index in [1.165, 1.54) is 16.6 Å². The first-order chi connectivity index (χ1) is 9.78. The van der Waals surface area contributed by atoms with Gasteiger partial charge in [0.2, 0.25) is 0 Å². The van der Waals surface area contributed by atoms with E-state index in [-0.39, 0.29) is 0 Å². The molecular formula is C17H21N3. The Kier molecular flexibility index (Phi) is 3.70. The second-order valence-electron chi connectivity index (χ2n) is 5.43. The Balaban J connectivity index is 2.07. The average molecular weight is 267 g/mol. The second kappa shape index (κ2) is 5.63. The quantitative estimate of drug-likeness (QED) is 0.866. The van der Waals surface area contributed by atoms with Gasteiger partial charge in [-0.3, -0.25) is 4.98 Å². The van der Waals surface area contributed by atoms with Crippen molar-refractivity contribution in [3.63, 3.8) is 0 Å². The first-order valence-corrected chi connectivity index (χ1v) is 7.22. The van der Waals surface area contributed by atoms with Crippen molar-refractivity contribution in [1.29, 1.82) is 0 Å². The van der Waals surface area contributed by atoms with Gasteiger partial charge in [0.15, 0.2) is 0 Å². The number of benzene rings is 1. The monoisotopic (exact) mass is 267 g/mol. The standard InChI is InChI=1S/C17H21N3/c1-13-7-9-20(10-8-13)17-11-14(12-18-2)19-16-6-4-3-5-15(16)17/h3-7,11,18H,8-10,12H2,1-2H3. The van der Waals surface area contributed by atoms with Crippen molar-refractivity contribution in [3.05, 3.63) is 47.7 Å². The van der Waals surface area contributed by atoms with Crippen molar-refractivity contribution in [2.45, 2.75) is 19.9 Å². The summed E-state index contributed by atoms with van der Waals surface area (Å²) in [4.78, 5) is 7.19. The molecule has 3 rings (SSSR count). The fourth-order valence-electron chi connectivity index (χ4n) is 2.73. The number of anilines is 1. The third-order valence-electron chi connectivity index (χ3n) is 3.88. The van der Waals surface area contributed by atoms with Gasteiger partial charge in [-0.05, 0) is 32.5 Å². The van der Waals surface area contributed by atoms with E-state index < -0.39 is 0 Å². The third-order valence-corrected chi connectivity index (χ3v) is 3.88. The van der Waals surface area contributed by atoms with Crippen molar-refractivity contribution >= 4 is 16.6 Å². The van der Waals surface area contributed by atoms with E-state index in [0.29, 0.717) is 0 Å². The SMILES string of the molecule is CNCc1cc(N2CC=C(C)CC2)c2ccccc2n1. The van der Waals surface area contributed by atoms with Gasteiger partial charge in [-0.2, -0.15) is 0 Å². The highest BCUT2D eigenvalue weighted by Crippen LogP contribution is 2.28. The van der Waals surface area contributed by atoms with Crippen LogP contribution in [0.2, 0.25) is 0 Å². The number of pyridine rings is 1. The molecule has 3 nitrogen and oxygen atoms in total. The summed E-state index contributed by atoms with van der Waals surface area (Å²) in [5.74, 6) is 0. The van der Waals surface area contributed by atoms with Crippen LogP contribution in [0.25, 0.3) is 10.9 Å². The minimum atomic E-state index is 0.806. The fourth-order valence-corrected chi connectivity index (χ4v) is 2.73. The number of aromatic nitrogens is 1. The van der Waals surface area contributed by atoms with Crippen LogP contribution in [0.1, 0.15) is 19.0 Å². The summed E-state index contributed by atoms with van der Waals surface area (Å²) in [5, 5.41) is 4.44. The molecule has 20 heavy (non-hydrogen) atoms. The highest BCUT2D eigenvalue weighted by atomic mass is 15.1. The molecule has 104 valence electrons. The van der Waals surface area contributed by atoms with Gasteiger partial charge in [-0.15, -0.1) is 0 Å². The van der Waals surface area contributed by atoms with E-state index in [0.717, 1.165) is 37.3 Å². The molecule has 1 N–H and O–H groups in total. The normalized spacial score (nSPS) is 15.5. The Labute approximate surface area is 120 Å². The Bertz CT molecular complexity index is 646. The van der Waals surface area contributed by atoms with Crippen LogP contribution in [0, 0.1) is 0 Å². The predicted octanol–water partition coefficient (Wildman–Crippen LogP) is 3.11. The molecule has 0 saturated carbocycles. The van der Waals surface area contributed by atoms with Gasteiger partial charge in [0, 0.05) is 30.7 Å². The van der Waals surface area contributed by atoms with E-state index in [1.807, 2.05) is 7.05 Å². The molecule has 0 spiro atoms. The summed E-state index contributed by atoms with van der Waals surface area (Å²) < 4.78 is 0. The van der Waals surface area contributed by atoms with Gasteiger partial charge in [0.25, 0.3) is 0 Å². The number of hydrogen-bond donors (Lipinski definition) is 1. The van der Waals surface area contributed by atoms with Crippen LogP contribution in [-0.2, 0) is 6.54 Å². The van der Waals surface area contributed by atoms with Crippen molar-refractivity contribution in [3.8, 4) is 0 Å². The van der Waals surface area contributed by atoms with Crippen molar-refractivity contribution < 1.29 is 0 Å². The van der Waals surface area contributed by atoms with E-state index >= 15 is 0 Å². The van der Waals surface area contributed by atoms with Crippen LogP contribution < -0.4 is 10.2 Å². The van der Waals surface area contributed by atoms with Gasteiger partial charge in [0.05, 0.1) is 11.2 Å². The summed E-state index contributed by atoms with van der Waals surface area (Å²) in [6, 6.07) is 10.7.